The van der Waals surface area contributed by atoms with Gasteiger partial charge in [0, 0.05) is 27.9 Å². The second kappa shape index (κ2) is 5.69. The van der Waals surface area contributed by atoms with Crippen molar-refractivity contribution >= 4 is 22.7 Å². The lowest BCUT2D eigenvalue weighted by atomic mass is 9.93. The third-order valence-electron chi connectivity index (χ3n) is 2.77. The zero-order valence-electron chi connectivity index (χ0n) is 12.1. The van der Waals surface area contributed by atoms with Gasteiger partial charge in [-0.15, -0.1) is 22.7 Å². The summed E-state index contributed by atoms with van der Waals surface area (Å²) in [6.07, 6.45) is 1.93. The van der Waals surface area contributed by atoms with Crippen molar-refractivity contribution in [2.75, 3.05) is 0 Å². The lowest BCUT2D eigenvalue weighted by Gasteiger charge is -2.18. The van der Waals surface area contributed by atoms with Crippen LogP contribution in [0.15, 0.2) is 17.1 Å². The summed E-state index contributed by atoms with van der Waals surface area (Å²) in [7, 11) is 0. The Morgan fingerprint density at radius 2 is 1.95 bits per heavy atom. The first-order chi connectivity index (χ1) is 8.88. The summed E-state index contributed by atoms with van der Waals surface area (Å²) >= 11 is 3.41. The Balaban J connectivity index is 2.31. The molecule has 0 aliphatic carbocycles. The quantitative estimate of drug-likeness (QED) is 0.927. The number of rotatable bonds is 4. The number of hydrogen-bond acceptors (Lipinski definition) is 5. The average molecular weight is 295 g/mol. The molecule has 0 fully saturated rings. The fourth-order valence-electron chi connectivity index (χ4n) is 1.74. The minimum atomic E-state index is 0.102. The molecule has 5 heteroatoms. The lowest BCUT2D eigenvalue weighted by molar-refractivity contribution is 0.523. The highest BCUT2D eigenvalue weighted by molar-refractivity contribution is 7.11. The van der Waals surface area contributed by atoms with Crippen LogP contribution in [0.2, 0.25) is 0 Å². The molecule has 104 valence electrons. The van der Waals surface area contributed by atoms with Crippen LogP contribution in [-0.4, -0.2) is 16.0 Å². The molecule has 0 aromatic carbocycles. The highest BCUT2D eigenvalue weighted by atomic mass is 32.1. The van der Waals surface area contributed by atoms with E-state index in [0.717, 1.165) is 10.7 Å². The molecule has 3 nitrogen and oxygen atoms in total. The molecule has 19 heavy (non-hydrogen) atoms. The van der Waals surface area contributed by atoms with Gasteiger partial charge in [-0.1, -0.05) is 20.8 Å². The van der Waals surface area contributed by atoms with E-state index in [9.17, 15) is 0 Å². The number of thiazole rings is 2. The predicted molar refractivity (Wildman–Crippen MR) is 83.0 cm³/mol. The van der Waals surface area contributed by atoms with E-state index >= 15 is 0 Å². The summed E-state index contributed by atoms with van der Waals surface area (Å²) in [5.41, 5.74) is 3.14. The van der Waals surface area contributed by atoms with Gasteiger partial charge < -0.3 is 5.32 Å². The van der Waals surface area contributed by atoms with Crippen molar-refractivity contribution in [3.8, 4) is 0 Å². The van der Waals surface area contributed by atoms with E-state index in [1.165, 1.54) is 4.88 Å². The number of aromatic nitrogens is 2. The second-order valence-corrected chi connectivity index (χ2v) is 7.79. The Hall–Kier alpha value is -0.780. The lowest BCUT2D eigenvalue weighted by Crippen LogP contribution is -2.28. The first kappa shape index (κ1) is 14.6. The zero-order chi connectivity index (χ0) is 14.0. The van der Waals surface area contributed by atoms with Gasteiger partial charge in [0.05, 0.1) is 17.2 Å². The van der Waals surface area contributed by atoms with Gasteiger partial charge in [0.15, 0.2) is 0 Å². The van der Waals surface area contributed by atoms with E-state index in [0.29, 0.717) is 6.04 Å². The van der Waals surface area contributed by atoms with Crippen molar-refractivity contribution in [1.29, 1.82) is 0 Å². The first-order valence-electron chi connectivity index (χ1n) is 6.48. The van der Waals surface area contributed by atoms with Crippen LogP contribution in [0.1, 0.15) is 56.2 Å². The molecule has 0 aliphatic rings. The van der Waals surface area contributed by atoms with Gasteiger partial charge in [-0.3, -0.25) is 4.98 Å². The van der Waals surface area contributed by atoms with Crippen LogP contribution in [0.25, 0.3) is 0 Å². The fourth-order valence-corrected chi connectivity index (χ4v) is 3.62. The minimum Gasteiger partial charge on any atom is -0.301 e. The van der Waals surface area contributed by atoms with Crippen molar-refractivity contribution < 1.29 is 0 Å². The van der Waals surface area contributed by atoms with Gasteiger partial charge in [0.2, 0.25) is 0 Å². The summed E-state index contributed by atoms with van der Waals surface area (Å²) in [5, 5.41) is 6.88. The van der Waals surface area contributed by atoms with Gasteiger partial charge >= 0.3 is 0 Å². The maximum absolute atomic E-state index is 4.83. The largest absolute Gasteiger partial charge is 0.301 e. The second-order valence-electron chi connectivity index (χ2n) is 5.98. The van der Waals surface area contributed by atoms with Gasteiger partial charge in [-0.25, -0.2) is 4.98 Å². The van der Waals surface area contributed by atoms with Crippen LogP contribution < -0.4 is 5.32 Å². The van der Waals surface area contributed by atoms with E-state index in [1.54, 1.807) is 22.7 Å². The molecule has 1 unspecified atom stereocenters. The number of nitrogens with zero attached hydrogens (tertiary/aromatic N) is 2. The molecule has 1 N–H and O–H groups in total. The van der Waals surface area contributed by atoms with Crippen LogP contribution in [0, 0.1) is 0 Å². The Morgan fingerprint density at radius 3 is 2.42 bits per heavy atom. The van der Waals surface area contributed by atoms with E-state index < -0.39 is 0 Å². The van der Waals surface area contributed by atoms with E-state index in [2.05, 4.69) is 50.3 Å². The van der Waals surface area contributed by atoms with Crippen LogP contribution in [-0.2, 0) is 5.41 Å². The standard InChI is InChI=1S/C14H21N3S2/c1-9(2)16-12(10-6-15-8-19-10)13-17-11(7-18-13)14(3,4)5/h6-9,12,16H,1-5H3. The SMILES string of the molecule is CC(C)NC(c1cncs1)c1nc(C(C)(C)C)cs1. The highest BCUT2D eigenvalue weighted by Crippen LogP contribution is 2.31. The van der Waals surface area contributed by atoms with Crippen LogP contribution in [0.5, 0.6) is 0 Å². The summed E-state index contributed by atoms with van der Waals surface area (Å²) < 4.78 is 0. The Labute approximate surface area is 123 Å². The van der Waals surface area contributed by atoms with Gasteiger partial charge in [-0.05, 0) is 13.8 Å². The third kappa shape index (κ3) is 3.61. The number of nitrogens with one attached hydrogen (secondary N) is 1. The molecule has 2 aromatic heterocycles. The molecule has 0 amide bonds. The average Bonchev–Trinajstić information content (AvgIpc) is 2.96. The van der Waals surface area contributed by atoms with Crippen molar-refractivity contribution in [3.63, 3.8) is 0 Å². The minimum absolute atomic E-state index is 0.102. The maximum Gasteiger partial charge on any atom is 0.115 e. The molecule has 2 heterocycles. The molecule has 0 bridgehead atoms. The molecule has 0 saturated heterocycles. The smallest absolute Gasteiger partial charge is 0.115 e. The normalized spacial score (nSPS) is 14.0. The zero-order valence-corrected chi connectivity index (χ0v) is 13.7. The van der Waals surface area contributed by atoms with Gasteiger partial charge in [0.25, 0.3) is 0 Å². The third-order valence-corrected chi connectivity index (χ3v) is 4.52. The molecular formula is C14H21N3S2. The molecule has 2 aromatic rings. The molecule has 0 radical (unpaired) electrons. The van der Waals surface area contributed by atoms with Crippen LogP contribution in [0.4, 0.5) is 0 Å². The van der Waals surface area contributed by atoms with Gasteiger partial charge in [0.1, 0.15) is 5.01 Å². The Kier molecular flexibility index (Phi) is 4.38. The summed E-state index contributed by atoms with van der Waals surface area (Å²) in [4.78, 5) is 10.2. The summed E-state index contributed by atoms with van der Waals surface area (Å²) in [5.74, 6) is 0. The molecule has 0 saturated carbocycles. The van der Waals surface area contributed by atoms with Gasteiger partial charge in [-0.2, -0.15) is 0 Å². The molecular weight excluding hydrogens is 274 g/mol. The first-order valence-corrected chi connectivity index (χ1v) is 8.24. The monoisotopic (exact) mass is 295 g/mol. The van der Waals surface area contributed by atoms with E-state index in [-0.39, 0.29) is 11.5 Å². The van der Waals surface area contributed by atoms with Crippen molar-refractivity contribution in [2.45, 2.75) is 52.1 Å². The maximum atomic E-state index is 4.83. The molecule has 0 spiro atoms. The van der Waals surface area contributed by atoms with E-state index in [4.69, 9.17) is 4.98 Å². The molecule has 1 atom stereocenters. The Morgan fingerprint density at radius 1 is 1.21 bits per heavy atom. The number of hydrogen-bond donors (Lipinski definition) is 1. The van der Waals surface area contributed by atoms with Crippen LogP contribution >= 0.6 is 22.7 Å². The fraction of sp³-hybridized carbons (Fsp3) is 0.571. The van der Waals surface area contributed by atoms with Crippen LogP contribution in [0.3, 0.4) is 0 Å². The molecule has 0 aliphatic heterocycles. The van der Waals surface area contributed by atoms with Crippen molar-refractivity contribution in [1.82, 2.24) is 15.3 Å². The van der Waals surface area contributed by atoms with Crippen molar-refractivity contribution in [3.05, 3.63) is 32.7 Å². The highest BCUT2D eigenvalue weighted by Gasteiger charge is 2.23. The van der Waals surface area contributed by atoms with E-state index in [1.807, 2.05) is 11.7 Å². The van der Waals surface area contributed by atoms with Crippen molar-refractivity contribution in [2.24, 2.45) is 0 Å². The summed E-state index contributed by atoms with van der Waals surface area (Å²) in [6.45, 7) is 10.9. The Bertz CT molecular complexity index is 509. The summed E-state index contributed by atoms with van der Waals surface area (Å²) in [6, 6.07) is 0.572. The topological polar surface area (TPSA) is 37.8 Å². The predicted octanol–water partition coefficient (Wildman–Crippen LogP) is 3.98. The molecule has 2 rings (SSSR count).